The van der Waals surface area contributed by atoms with Crippen LogP contribution in [0.25, 0.3) is 0 Å². The van der Waals surface area contributed by atoms with E-state index in [1.165, 1.54) is 34.0 Å². The first-order chi connectivity index (χ1) is 8.83. The zero-order valence-corrected chi connectivity index (χ0v) is 11.3. The zero-order chi connectivity index (χ0) is 12.4. The van der Waals surface area contributed by atoms with Crippen molar-refractivity contribution in [3.05, 3.63) is 40.9 Å². The molecule has 0 aliphatic carbocycles. The minimum absolute atomic E-state index is 0.0803. The van der Waals surface area contributed by atoms with Gasteiger partial charge in [0.05, 0.1) is 0 Å². The Kier molecular flexibility index (Phi) is 3.34. The molecular formula is C13H12N2OS2. The molecule has 1 N–H and O–H groups in total. The summed E-state index contributed by atoms with van der Waals surface area (Å²) in [5.74, 6) is 1.10. The number of benzene rings is 1. The number of amides is 1. The fourth-order valence-electron chi connectivity index (χ4n) is 1.96. The number of hydrogen-bond acceptors (Lipinski definition) is 4. The van der Waals surface area contributed by atoms with Gasteiger partial charge < -0.3 is 0 Å². The number of nitrogens with one attached hydrogen (secondary N) is 1. The first-order valence-corrected chi connectivity index (χ1v) is 7.66. The maximum absolute atomic E-state index is 12.0. The number of thioether (sulfide) groups is 1. The molecule has 1 aliphatic heterocycles. The number of aromatic nitrogens is 1. The molecule has 2 heterocycles. The van der Waals surface area contributed by atoms with E-state index in [-0.39, 0.29) is 5.91 Å². The van der Waals surface area contributed by atoms with Crippen LogP contribution in [-0.2, 0) is 6.42 Å². The second kappa shape index (κ2) is 5.12. The zero-order valence-electron chi connectivity index (χ0n) is 9.68. The Morgan fingerprint density at radius 3 is 3.17 bits per heavy atom. The summed E-state index contributed by atoms with van der Waals surface area (Å²) in [5, 5.41) is 5.30. The normalized spacial score (nSPS) is 14.0. The SMILES string of the molecule is O=C(Nc1nccs1)c1ccc2c(c1)CCCS2. The summed E-state index contributed by atoms with van der Waals surface area (Å²) < 4.78 is 0. The predicted molar refractivity (Wildman–Crippen MR) is 75.6 cm³/mol. The van der Waals surface area contributed by atoms with Crippen molar-refractivity contribution < 1.29 is 4.79 Å². The molecule has 1 amide bonds. The molecule has 1 aromatic heterocycles. The highest BCUT2D eigenvalue weighted by atomic mass is 32.2. The van der Waals surface area contributed by atoms with Crippen molar-refractivity contribution in [2.45, 2.75) is 17.7 Å². The van der Waals surface area contributed by atoms with Crippen LogP contribution in [0, 0.1) is 0 Å². The molecule has 0 fully saturated rings. The Hall–Kier alpha value is -1.33. The Balaban J connectivity index is 1.81. The van der Waals surface area contributed by atoms with Crippen LogP contribution in [0.15, 0.2) is 34.7 Å². The molecule has 5 heteroatoms. The average molecular weight is 276 g/mol. The van der Waals surface area contributed by atoms with Crippen LogP contribution in [0.3, 0.4) is 0 Å². The van der Waals surface area contributed by atoms with Gasteiger partial charge in [-0.15, -0.1) is 23.1 Å². The third-order valence-corrected chi connectivity index (χ3v) is 4.71. The first kappa shape index (κ1) is 11.7. The quantitative estimate of drug-likeness (QED) is 0.913. The maximum Gasteiger partial charge on any atom is 0.257 e. The number of thiazole rings is 1. The third-order valence-electron chi connectivity index (χ3n) is 2.82. The fourth-order valence-corrected chi connectivity index (χ4v) is 3.50. The van der Waals surface area contributed by atoms with Crippen molar-refractivity contribution in [2.24, 2.45) is 0 Å². The molecule has 0 bridgehead atoms. The summed E-state index contributed by atoms with van der Waals surface area (Å²) >= 11 is 3.30. The first-order valence-electron chi connectivity index (χ1n) is 5.79. The summed E-state index contributed by atoms with van der Waals surface area (Å²) in [4.78, 5) is 17.4. The van der Waals surface area contributed by atoms with Gasteiger partial charge in [-0.25, -0.2) is 4.98 Å². The lowest BCUT2D eigenvalue weighted by molar-refractivity contribution is 0.102. The van der Waals surface area contributed by atoms with Crippen molar-refractivity contribution in [2.75, 3.05) is 11.1 Å². The van der Waals surface area contributed by atoms with Gasteiger partial charge in [-0.05, 0) is 42.4 Å². The van der Waals surface area contributed by atoms with E-state index >= 15 is 0 Å². The number of anilines is 1. The number of carbonyl (C=O) groups excluding carboxylic acids is 1. The van der Waals surface area contributed by atoms with Gasteiger partial charge in [0.1, 0.15) is 0 Å². The van der Waals surface area contributed by atoms with Crippen LogP contribution in [-0.4, -0.2) is 16.6 Å². The van der Waals surface area contributed by atoms with E-state index in [0.717, 1.165) is 6.42 Å². The number of rotatable bonds is 2. The standard InChI is InChI=1S/C13H12N2OS2/c16-12(15-13-14-5-7-18-13)10-3-4-11-9(8-10)2-1-6-17-11/h3-5,7-8H,1-2,6H2,(H,14,15,16). The lowest BCUT2D eigenvalue weighted by atomic mass is 10.1. The van der Waals surface area contributed by atoms with Crippen molar-refractivity contribution in [1.29, 1.82) is 0 Å². The lowest BCUT2D eigenvalue weighted by Crippen LogP contribution is -2.12. The van der Waals surface area contributed by atoms with Crippen molar-refractivity contribution in [3.8, 4) is 0 Å². The van der Waals surface area contributed by atoms with Gasteiger partial charge in [0.2, 0.25) is 0 Å². The summed E-state index contributed by atoms with van der Waals surface area (Å²) in [5.41, 5.74) is 2.00. The van der Waals surface area contributed by atoms with E-state index in [1.54, 1.807) is 6.20 Å². The van der Waals surface area contributed by atoms with E-state index in [2.05, 4.69) is 16.4 Å². The highest BCUT2D eigenvalue weighted by molar-refractivity contribution is 7.99. The molecule has 0 saturated carbocycles. The van der Waals surface area contributed by atoms with Crippen LogP contribution >= 0.6 is 23.1 Å². The molecular weight excluding hydrogens is 264 g/mol. The number of carbonyl (C=O) groups is 1. The molecule has 2 aromatic rings. The van der Waals surface area contributed by atoms with Crippen LogP contribution in [0.2, 0.25) is 0 Å². The lowest BCUT2D eigenvalue weighted by Gasteiger charge is -2.15. The molecule has 3 rings (SSSR count). The predicted octanol–water partition coefficient (Wildman–Crippen LogP) is 3.43. The molecule has 0 unspecified atom stereocenters. The average Bonchev–Trinajstić information content (AvgIpc) is 2.91. The van der Waals surface area contributed by atoms with Crippen LogP contribution in [0.5, 0.6) is 0 Å². The molecule has 3 nitrogen and oxygen atoms in total. The molecule has 0 spiro atoms. The van der Waals surface area contributed by atoms with Crippen LogP contribution in [0.1, 0.15) is 22.3 Å². The van der Waals surface area contributed by atoms with Gasteiger partial charge in [0.25, 0.3) is 5.91 Å². The van der Waals surface area contributed by atoms with Crippen molar-refractivity contribution >= 4 is 34.1 Å². The molecule has 18 heavy (non-hydrogen) atoms. The van der Waals surface area contributed by atoms with Crippen LogP contribution in [0.4, 0.5) is 5.13 Å². The monoisotopic (exact) mass is 276 g/mol. The van der Waals surface area contributed by atoms with Gasteiger partial charge in [-0.3, -0.25) is 10.1 Å². The third kappa shape index (κ3) is 2.42. The summed E-state index contributed by atoms with van der Waals surface area (Å²) in [6, 6.07) is 5.94. The Morgan fingerprint density at radius 1 is 1.39 bits per heavy atom. The van der Waals surface area contributed by atoms with Crippen molar-refractivity contribution in [3.63, 3.8) is 0 Å². The van der Waals surface area contributed by atoms with Crippen LogP contribution < -0.4 is 5.32 Å². The smallest absolute Gasteiger partial charge is 0.257 e. The highest BCUT2D eigenvalue weighted by Gasteiger charge is 2.13. The van der Waals surface area contributed by atoms with E-state index in [1.807, 2.05) is 29.3 Å². The van der Waals surface area contributed by atoms with E-state index in [9.17, 15) is 4.79 Å². The minimum atomic E-state index is -0.0803. The molecule has 1 aromatic carbocycles. The van der Waals surface area contributed by atoms with Gasteiger partial charge in [0.15, 0.2) is 5.13 Å². The maximum atomic E-state index is 12.0. The molecule has 0 saturated heterocycles. The van der Waals surface area contributed by atoms with Gasteiger partial charge >= 0.3 is 0 Å². The largest absolute Gasteiger partial charge is 0.298 e. The highest BCUT2D eigenvalue weighted by Crippen LogP contribution is 2.30. The second-order valence-corrected chi connectivity index (χ2v) is 6.10. The Morgan fingerprint density at radius 2 is 2.33 bits per heavy atom. The number of fused-ring (bicyclic) bond motifs is 1. The topological polar surface area (TPSA) is 42.0 Å². The number of hydrogen-bond donors (Lipinski definition) is 1. The summed E-state index contributed by atoms with van der Waals surface area (Å²) in [6.45, 7) is 0. The van der Waals surface area contributed by atoms with Crippen molar-refractivity contribution in [1.82, 2.24) is 4.98 Å². The van der Waals surface area contributed by atoms with Gasteiger partial charge in [-0.2, -0.15) is 0 Å². The molecule has 0 radical (unpaired) electrons. The summed E-state index contributed by atoms with van der Waals surface area (Å²) in [6.07, 6.45) is 3.94. The van der Waals surface area contributed by atoms with Gasteiger partial charge in [-0.1, -0.05) is 0 Å². The number of aryl methyl sites for hydroxylation is 1. The fraction of sp³-hybridized carbons (Fsp3) is 0.231. The van der Waals surface area contributed by atoms with E-state index in [0.29, 0.717) is 10.7 Å². The second-order valence-electron chi connectivity index (χ2n) is 4.07. The van der Waals surface area contributed by atoms with Gasteiger partial charge in [0, 0.05) is 22.0 Å². The Labute approximate surface area is 114 Å². The number of nitrogens with zero attached hydrogens (tertiary/aromatic N) is 1. The summed E-state index contributed by atoms with van der Waals surface area (Å²) in [7, 11) is 0. The minimum Gasteiger partial charge on any atom is -0.298 e. The Bertz CT molecular complexity index is 566. The van der Waals surface area contributed by atoms with E-state index in [4.69, 9.17) is 0 Å². The molecule has 1 aliphatic rings. The molecule has 92 valence electrons. The van der Waals surface area contributed by atoms with E-state index < -0.39 is 0 Å². The molecule has 0 atom stereocenters.